The van der Waals surface area contributed by atoms with Gasteiger partial charge in [0.25, 0.3) is 0 Å². The van der Waals surface area contributed by atoms with Crippen LogP contribution in [-0.4, -0.2) is 24.9 Å². The van der Waals surface area contributed by atoms with Gasteiger partial charge in [0.15, 0.2) is 0 Å². The van der Waals surface area contributed by atoms with Crippen LogP contribution in [0.3, 0.4) is 0 Å². The van der Waals surface area contributed by atoms with Gasteiger partial charge in [-0.1, -0.05) is 13.8 Å². The molecule has 0 aliphatic carbocycles. The van der Waals surface area contributed by atoms with Crippen molar-refractivity contribution >= 4 is 19.1 Å². The fourth-order valence-corrected chi connectivity index (χ4v) is 2.52. The van der Waals surface area contributed by atoms with Crippen LogP contribution in [0.25, 0.3) is 0 Å². The van der Waals surface area contributed by atoms with Crippen LogP contribution in [0.2, 0.25) is 0 Å². The van der Waals surface area contributed by atoms with Crippen LogP contribution in [0.1, 0.15) is 13.8 Å². The molecule has 0 aliphatic heterocycles. The van der Waals surface area contributed by atoms with E-state index >= 15 is 0 Å². The molecule has 0 aromatic rings. The molecule has 0 rings (SSSR count). The molecule has 70 valence electrons. The summed E-state index contributed by atoms with van der Waals surface area (Å²) in [5.74, 6) is 0. The fraction of sp³-hybridized carbons (Fsp3) is 0.714. The van der Waals surface area contributed by atoms with Crippen molar-refractivity contribution in [2.75, 3.05) is 20.2 Å². The highest BCUT2D eigenvalue weighted by Gasteiger charge is 2.25. The maximum atomic E-state index is 11.8. The molecule has 0 N–H and O–H groups in total. The lowest BCUT2D eigenvalue weighted by molar-refractivity contribution is 0.328. The molecule has 0 saturated heterocycles. The largest absolute Gasteiger partial charge is 0.346 e. The highest BCUT2D eigenvalue weighted by molar-refractivity contribution is 7.61. The first-order valence-corrected chi connectivity index (χ1v) is 5.64. The Hall–Kier alpha value is -0.0000000000000000208. The zero-order valence-electron chi connectivity index (χ0n) is 7.50. The first kappa shape index (κ1) is 12.0. The summed E-state index contributed by atoms with van der Waals surface area (Å²) in [5, 5.41) is 2.10. The summed E-state index contributed by atoms with van der Waals surface area (Å²) in [6.07, 6.45) is 0. The third-order valence-electron chi connectivity index (χ3n) is 1.53. The summed E-state index contributed by atoms with van der Waals surface area (Å²) in [7, 11) is -1.59. The van der Waals surface area contributed by atoms with Gasteiger partial charge in [0.1, 0.15) is 0 Å². The predicted octanol–water partition coefficient (Wildman–Crippen LogP) is 2.32. The van der Waals surface area contributed by atoms with E-state index in [9.17, 15) is 4.57 Å². The van der Waals surface area contributed by atoms with Crippen LogP contribution < -0.4 is 0 Å². The second-order valence-electron chi connectivity index (χ2n) is 2.05. The first-order valence-electron chi connectivity index (χ1n) is 3.68. The molecular formula is C7H13ClNO2P. The number of halogens is 1. The van der Waals surface area contributed by atoms with E-state index in [1.165, 1.54) is 7.11 Å². The molecule has 5 heteroatoms. The minimum absolute atomic E-state index is 0.632. The zero-order valence-corrected chi connectivity index (χ0v) is 9.15. The molecular weight excluding hydrogens is 197 g/mol. The Bertz CT molecular complexity index is 229. The molecule has 0 heterocycles. The van der Waals surface area contributed by atoms with E-state index in [4.69, 9.17) is 16.1 Å². The quantitative estimate of drug-likeness (QED) is 0.526. The highest BCUT2D eigenvalue weighted by Crippen LogP contribution is 2.48. The Kier molecular flexibility index (Phi) is 5.61. The molecule has 0 bridgehead atoms. The lowest BCUT2D eigenvalue weighted by atomic mass is 10.7. The van der Waals surface area contributed by atoms with Gasteiger partial charge >= 0.3 is 7.52 Å². The summed E-state index contributed by atoms with van der Waals surface area (Å²) in [4.78, 5) is 0. The molecule has 0 aliphatic rings. The Labute approximate surface area is 78.5 Å². The summed E-state index contributed by atoms with van der Waals surface area (Å²) in [6, 6.07) is 0. The molecule has 3 nitrogen and oxygen atoms in total. The summed E-state index contributed by atoms with van der Waals surface area (Å²) in [6.45, 7) is 5.05. The van der Waals surface area contributed by atoms with Crippen LogP contribution >= 0.6 is 19.1 Å². The SMILES string of the molecule is CCN(CC)P(=O)(C#CCl)OC. The predicted molar refractivity (Wildman–Crippen MR) is 51.2 cm³/mol. The number of hydrogen-bond acceptors (Lipinski definition) is 2. The normalized spacial score (nSPS) is 15.1. The van der Waals surface area contributed by atoms with E-state index in [0.717, 1.165) is 0 Å². The summed E-state index contributed by atoms with van der Waals surface area (Å²) >= 11 is 5.18. The van der Waals surface area contributed by atoms with Gasteiger partial charge in [0, 0.05) is 31.2 Å². The van der Waals surface area contributed by atoms with Crippen LogP contribution in [0, 0.1) is 11.0 Å². The Balaban J connectivity index is 4.68. The van der Waals surface area contributed by atoms with Crippen LogP contribution in [0.4, 0.5) is 0 Å². The summed E-state index contributed by atoms with van der Waals surface area (Å²) < 4.78 is 18.3. The molecule has 12 heavy (non-hydrogen) atoms. The van der Waals surface area contributed by atoms with Crippen molar-refractivity contribution in [1.82, 2.24) is 4.67 Å². The monoisotopic (exact) mass is 209 g/mol. The molecule has 0 saturated carbocycles. The van der Waals surface area contributed by atoms with Crippen molar-refractivity contribution in [2.24, 2.45) is 0 Å². The van der Waals surface area contributed by atoms with Gasteiger partial charge in [-0.3, -0.25) is 4.57 Å². The number of nitrogens with zero attached hydrogens (tertiary/aromatic N) is 1. The molecule has 0 aromatic heterocycles. The van der Waals surface area contributed by atoms with Crippen molar-refractivity contribution < 1.29 is 9.09 Å². The third kappa shape index (κ3) is 2.80. The molecule has 0 aromatic carbocycles. The van der Waals surface area contributed by atoms with Crippen LogP contribution in [0.5, 0.6) is 0 Å². The number of rotatable bonds is 4. The van der Waals surface area contributed by atoms with Gasteiger partial charge in [0.05, 0.1) is 0 Å². The Morgan fingerprint density at radius 1 is 1.50 bits per heavy atom. The van der Waals surface area contributed by atoms with E-state index in [-0.39, 0.29) is 0 Å². The maximum Gasteiger partial charge on any atom is 0.346 e. The molecule has 1 atom stereocenters. The topological polar surface area (TPSA) is 29.5 Å². The Morgan fingerprint density at radius 3 is 2.25 bits per heavy atom. The molecule has 0 radical (unpaired) electrons. The van der Waals surface area contributed by atoms with Gasteiger partial charge < -0.3 is 4.52 Å². The standard InChI is InChI=1S/C7H13ClNO2P/c1-4-9(5-2)12(10,11-3)7-6-8/h4-5H2,1-3H3. The Morgan fingerprint density at radius 2 is 2.00 bits per heavy atom. The van der Waals surface area contributed by atoms with E-state index in [1.807, 2.05) is 13.8 Å². The van der Waals surface area contributed by atoms with Crippen molar-refractivity contribution in [1.29, 1.82) is 0 Å². The zero-order chi connectivity index (χ0) is 9.61. The molecule has 0 fully saturated rings. The first-order chi connectivity index (χ1) is 5.64. The van der Waals surface area contributed by atoms with E-state index in [0.29, 0.717) is 13.1 Å². The average Bonchev–Trinajstić information content (AvgIpc) is 2.07. The van der Waals surface area contributed by atoms with Crippen LogP contribution in [-0.2, 0) is 9.09 Å². The van der Waals surface area contributed by atoms with Gasteiger partial charge in [-0.25, -0.2) is 4.67 Å². The van der Waals surface area contributed by atoms with E-state index in [2.05, 4.69) is 11.0 Å². The van der Waals surface area contributed by atoms with Gasteiger partial charge in [-0.15, -0.1) is 0 Å². The number of hydrogen-bond donors (Lipinski definition) is 0. The smallest absolute Gasteiger partial charge is 0.312 e. The van der Waals surface area contributed by atoms with Gasteiger partial charge in [-0.2, -0.15) is 0 Å². The van der Waals surface area contributed by atoms with E-state index in [1.54, 1.807) is 4.67 Å². The average molecular weight is 210 g/mol. The molecule has 0 spiro atoms. The molecule has 1 unspecified atom stereocenters. The van der Waals surface area contributed by atoms with Crippen molar-refractivity contribution in [3.05, 3.63) is 0 Å². The third-order valence-corrected chi connectivity index (χ3v) is 3.96. The van der Waals surface area contributed by atoms with Crippen LogP contribution in [0.15, 0.2) is 0 Å². The van der Waals surface area contributed by atoms with Gasteiger partial charge in [0.2, 0.25) is 0 Å². The minimum atomic E-state index is -2.97. The maximum absolute atomic E-state index is 11.8. The summed E-state index contributed by atoms with van der Waals surface area (Å²) in [5.41, 5.74) is 2.39. The second-order valence-corrected chi connectivity index (χ2v) is 4.43. The van der Waals surface area contributed by atoms with Crippen molar-refractivity contribution in [3.63, 3.8) is 0 Å². The van der Waals surface area contributed by atoms with Crippen molar-refractivity contribution in [2.45, 2.75) is 13.8 Å². The fourth-order valence-electron chi connectivity index (χ4n) is 0.881. The van der Waals surface area contributed by atoms with Gasteiger partial charge in [-0.05, 0) is 11.6 Å². The highest BCUT2D eigenvalue weighted by atomic mass is 35.5. The lowest BCUT2D eigenvalue weighted by Crippen LogP contribution is -2.19. The van der Waals surface area contributed by atoms with E-state index < -0.39 is 7.52 Å². The van der Waals surface area contributed by atoms with Crippen molar-refractivity contribution in [3.8, 4) is 11.0 Å². The minimum Gasteiger partial charge on any atom is -0.312 e. The second kappa shape index (κ2) is 5.61. The lowest BCUT2D eigenvalue weighted by Gasteiger charge is -2.22. The molecule has 0 amide bonds.